The molecule has 1 atom stereocenters. The molecule has 6 heteroatoms. The Morgan fingerprint density at radius 1 is 1.00 bits per heavy atom. The van der Waals surface area contributed by atoms with E-state index in [-0.39, 0.29) is 11.7 Å². The number of nitrogens with one attached hydrogen (secondary N) is 1. The molecule has 0 fully saturated rings. The van der Waals surface area contributed by atoms with Crippen molar-refractivity contribution in [1.82, 2.24) is 10.3 Å². The van der Waals surface area contributed by atoms with E-state index < -0.39 is 6.10 Å². The summed E-state index contributed by atoms with van der Waals surface area (Å²) in [6.07, 6.45) is -0.694. The van der Waals surface area contributed by atoms with Crippen LogP contribution in [-0.2, 0) is 4.79 Å². The van der Waals surface area contributed by atoms with E-state index in [0.717, 1.165) is 5.56 Å². The molecule has 26 heavy (non-hydrogen) atoms. The van der Waals surface area contributed by atoms with Gasteiger partial charge >= 0.3 is 0 Å². The topological polar surface area (TPSA) is 77.2 Å². The molecule has 3 aromatic rings. The Bertz CT molecular complexity index is 858. The number of ether oxygens (including phenoxy) is 1. The van der Waals surface area contributed by atoms with Crippen molar-refractivity contribution in [1.29, 1.82) is 0 Å². The highest BCUT2D eigenvalue weighted by Gasteiger charge is 2.20. The number of nitrogens with zero attached hydrogens (tertiary/aromatic N) is 2. The zero-order valence-corrected chi connectivity index (χ0v) is 15.0. The quantitative estimate of drug-likeness (QED) is 0.718. The molecule has 3 rings (SSSR count). The van der Waals surface area contributed by atoms with E-state index >= 15 is 0 Å². The van der Waals surface area contributed by atoms with E-state index in [1.165, 1.54) is 5.56 Å². The molecule has 1 N–H and O–H groups in total. The lowest BCUT2D eigenvalue weighted by Crippen LogP contribution is -2.30. The molecule has 0 radical (unpaired) electrons. The van der Waals surface area contributed by atoms with Crippen molar-refractivity contribution in [3.63, 3.8) is 0 Å². The number of benzene rings is 2. The van der Waals surface area contributed by atoms with Crippen molar-refractivity contribution < 1.29 is 14.2 Å². The highest BCUT2D eigenvalue weighted by molar-refractivity contribution is 5.95. The number of hydrogen-bond acceptors (Lipinski definition) is 5. The standard InChI is InChI=1S/C20H21N3O3/c1-13(2)15-9-11-17(12-10-15)25-14(3)20(24)21-19-18(22-26-23-19)16-7-5-4-6-8-16/h4-14H,1-3H3,(H,21,23,24)/t14-/m0/s1. The minimum atomic E-state index is -0.694. The van der Waals surface area contributed by atoms with Crippen LogP contribution < -0.4 is 10.1 Å². The predicted molar refractivity (Wildman–Crippen MR) is 99.0 cm³/mol. The van der Waals surface area contributed by atoms with Crippen molar-refractivity contribution >= 4 is 11.7 Å². The molecule has 0 aliphatic carbocycles. The number of rotatable bonds is 6. The molecule has 0 aliphatic heterocycles. The van der Waals surface area contributed by atoms with Crippen molar-refractivity contribution in [3.8, 4) is 17.0 Å². The molecule has 1 aromatic heterocycles. The highest BCUT2D eigenvalue weighted by atomic mass is 16.6. The Morgan fingerprint density at radius 3 is 2.35 bits per heavy atom. The third-order valence-corrected chi connectivity index (χ3v) is 4.01. The van der Waals surface area contributed by atoms with Gasteiger partial charge in [-0.1, -0.05) is 56.3 Å². The van der Waals surface area contributed by atoms with Crippen LogP contribution in [0.2, 0.25) is 0 Å². The molecule has 6 nitrogen and oxygen atoms in total. The summed E-state index contributed by atoms with van der Waals surface area (Å²) in [5.41, 5.74) is 2.50. The highest BCUT2D eigenvalue weighted by Crippen LogP contribution is 2.24. The van der Waals surface area contributed by atoms with Gasteiger partial charge in [-0.25, -0.2) is 4.63 Å². The molecule has 1 heterocycles. The third kappa shape index (κ3) is 4.08. The molecular formula is C20H21N3O3. The first-order chi connectivity index (χ1) is 12.5. The van der Waals surface area contributed by atoms with Crippen LogP contribution >= 0.6 is 0 Å². The largest absolute Gasteiger partial charge is 0.481 e. The fourth-order valence-corrected chi connectivity index (χ4v) is 2.46. The van der Waals surface area contributed by atoms with Gasteiger partial charge in [-0.2, -0.15) is 0 Å². The number of carbonyl (C=O) groups is 1. The van der Waals surface area contributed by atoms with E-state index in [2.05, 4.69) is 29.5 Å². The van der Waals surface area contributed by atoms with Gasteiger partial charge in [0, 0.05) is 5.56 Å². The lowest BCUT2D eigenvalue weighted by molar-refractivity contribution is -0.122. The van der Waals surface area contributed by atoms with Crippen molar-refractivity contribution in [2.45, 2.75) is 32.8 Å². The maximum absolute atomic E-state index is 12.4. The minimum absolute atomic E-state index is 0.270. The van der Waals surface area contributed by atoms with Gasteiger partial charge in [0.1, 0.15) is 5.75 Å². The lowest BCUT2D eigenvalue weighted by atomic mass is 10.0. The van der Waals surface area contributed by atoms with E-state index in [9.17, 15) is 4.79 Å². The van der Waals surface area contributed by atoms with Gasteiger partial charge in [0.2, 0.25) is 5.82 Å². The molecule has 1 amide bonds. The smallest absolute Gasteiger partial charge is 0.266 e. The molecule has 0 aliphatic rings. The van der Waals surface area contributed by atoms with Crippen LogP contribution in [0.5, 0.6) is 5.75 Å². The zero-order valence-electron chi connectivity index (χ0n) is 15.0. The first-order valence-electron chi connectivity index (χ1n) is 8.50. The van der Waals surface area contributed by atoms with Gasteiger partial charge in [0.05, 0.1) is 0 Å². The maximum atomic E-state index is 12.4. The second-order valence-corrected chi connectivity index (χ2v) is 6.30. The fourth-order valence-electron chi connectivity index (χ4n) is 2.46. The first-order valence-corrected chi connectivity index (χ1v) is 8.50. The van der Waals surface area contributed by atoms with E-state index in [0.29, 0.717) is 17.4 Å². The number of amides is 1. The van der Waals surface area contributed by atoms with E-state index in [4.69, 9.17) is 9.37 Å². The Morgan fingerprint density at radius 2 is 1.69 bits per heavy atom. The molecular weight excluding hydrogens is 330 g/mol. The average molecular weight is 351 g/mol. The summed E-state index contributed by atoms with van der Waals surface area (Å²) in [4.78, 5) is 12.4. The summed E-state index contributed by atoms with van der Waals surface area (Å²) in [5.74, 6) is 1.03. The molecule has 0 unspecified atom stereocenters. The third-order valence-electron chi connectivity index (χ3n) is 4.01. The normalized spacial score (nSPS) is 12.0. The Balaban J connectivity index is 1.66. The second-order valence-electron chi connectivity index (χ2n) is 6.30. The number of carbonyl (C=O) groups excluding carboxylic acids is 1. The Hall–Kier alpha value is -3.15. The average Bonchev–Trinajstić information content (AvgIpc) is 3.11. The van der Waals surface area contributed by atoms with Crippen molar-refractivity contribution in [3.05, 3.63) is 60.2 Å². The van der Waals surface area contributed by atoms with Gasteiger partial charge in [0.25, 0.3) is 5.91 Å². The van der Waals surface area contributed by atoms with Crippen LogP contribution in [0.4, 0.5) is 5.82 Å². The maximum Gasteiger partial charge on any atom is 0.266 e. The minimum Gasteiger partial charge on any atom is -0.481 e. The Labute approximate surface area is 152 Å². The van der Waals surface area contributed by atoms with Gasteiger partial charge < -0.3 is 10.1 Å². The number of hydrogen-bond donors (Lipinski definition) is 1. The van der Waals surface area contributed by atoms with Crippen LogP contribution in [0.1, 0.15) is 32.3 Å². The summed E-state index contributed by atoms with van der Waals surface area (Å²) < 4.78 is 10.5. The van der Waals surface area contributed by atoms with Gasteiger partial charge in [0.15, 0.2) is 11.8 Å². The molecule has 0 spiro atoms. The van der Waals surface area contributed by atoms with Crippen molar-refractivity contribution in [2.75, 3.05) is 5.32 Å². The summed E-state index contributed by atoms with van der Waals surface area (Å²) in [5, 5.41) is 10.4. The van der Waals surface area contributed by atoms with Crippen LogP contribution in [-0.4, -0.2) is 22.3 Å². The number of anilines is 1. The predicted octanol–water partition coefficient (Wildman–Crippen LogP) is 4.27. The van der Waals surface area contributed by atoms with Gasteiger partial charge in [-0.3, -0.25) is 4.79 Å². The lowest BCUT2D eigenvalue weighted by Gasteiger charge is -2.14. The van der Waals surface area contributed by atoms with Gasteiger partial charge in [-0.15, -0.1) is 0 Å². The van der Waals surface area contributed by atoms with Gasteiger partial charge in [-0.05, 0) is 40.9 Å². The van der Waals surface area contributed by atoms with Crippen LogP contribution in [0.3, 0.4) is 0 Å². The summed E-state index contributed by atoms with van der Waals surface area (Å²) >= 11 is 0. The summed E-state index contributed by atoms with van der Waals surface area (Å²) in [7, 11) is 0. The van der Waals surface area contributed by atoms with Crippen molar-refractivity contribution in [2.24, 2.45) is 0 Å². The first kappa shape index (κ1) is 17.7. The monoisotopic (exact) mass is 351 g/mol. The molecule has 0 saturated carbocycles. The van der Waals surface area contributed by atoms with E-state index in [1.54, 1.807) is 6.92 Å². The molecule has 2 aromatic carbocycles. The second kappa shape index (κ2) is 7.82. The summed E-state index contributed by atoms with van der Waals surface area (Å²) in [6.45, 7) is 5.94. The molecule has 0 saturated heterocycles. The van der Waals surface area contributed by atoms with Crippen LogP contribution in [0, 0.1) is 0 Å². The number of aromatic nitrogens is 2. The summed E-state index contributed by atoms with van der Waals surface area (Å²) in [6, 6.07) is 17.1. The zero-order chi connectivity index (χ0) is 18.5. The SMILES string of the molecule is CC(C)c1ccc(O[C@@H](C)C(=O)Nc2nonc2-c2ccccc2)cc1. The van der Waals surface area contributed by atoms with E-state index in [1.807, 2.05) is 54.6 Å². The molecule has 134 valence electrons. The Kier molecular flexibility index (Phi) is 5.31. The fraction of sp³-hybridized carbons (Fsp3) is 0.250. The van der Waals surface area contributed by atoms with Crippen LogP contribution in [0.15, 0.2) is 59.2 Å². The molecule has 0 bridgehead atoms. The van der Waals surface area contributed by atoms with Crippen LogP contribution in [0.25, 0.3) is 11.3 Å².